The Morgan fingerprint density at radius 3 is 0.899 bits per heavy atom. The molecule has 0 aromatic carbocycles. The van der Waals surface area contributed by atoms with Crippen molar-refractivity contribution >= 4 is 17.9 Å². The predicted molar refractivity (Wildman–Crippen MR) is 298 cm³/mol. The Bertz CT molecular complexity index is 1290. The molecule has 69 heavy (non-hydrogen) atoms. The molecule has 0 heterocycles. The molecule has 398 valence electrons. The van der Waals surface area contributed by atoms with Gasteiger partial charge < -0.3 is 14.2 Å². The summed E-state index contributed by atoms with van der Waals surface area (Å²) in [7, 11) is 0. The molecule has 0 fully saturated rings. The van der Waals surface area contributed by atoms with Crippen LogP contribution in [0.4, 0.5) is 0 Å². The van der Waals surface area contributed by atoms with Crippen LogP contribution in [-0.2, 0) is 28.6 Å². The van der Waals surface area contributed by atoms with E-state index in [1.54, 1.807) is 0 Å². The molecule has 0 saturated carbocycles. The first kappa shape index (κ1) is 65.8. The van der Waals surface area contributed by atoms with E-state index in [-0.39, 0.29) is 37.5 Å². The second-order valence-electron chi connectivity index (χ2n) is 19.6. The van der Waals surface area contributed by atoms with Gasteiger partial charge in [0.1, 0.15) is 13.2 Å². The molecule has 0 radical (unpaired) electrons. The fraction of sp³-hybridized carbons (Fsp3) is 0.762. The second kappa shape index (κ2) is 57.4. The minimum atomic E-state index is -0.799. The number of hydrogen-bond donors (Lipinski definition) is 0. The quantitative estimate of drug-likeness (QED) is 0.0262. The van der Waals surface area contributed by atoms with Gasteiger partial charge in [0.2, 0.25) is 0 Å². The minimum Gasteiger partial charge on any atom is -0.462 e. The average Bonchev–Trinajstić information content (AvgIpc) is 3.35. The molecule has 0 aromatic rings. The van der Waals surface area contributed by atoms with Crippen LogP contribution in [0.15, 0.2) is 72.9 Å². The zero-order valence-corrected chi connectivity index (χ0v) is 45.6. The Hall–Kier alpha value is -3.15. The molecule has 0 spiro atoms. The summed E-state index contributed by atoms with van der Waals surface area (Å²) in [6, 6.07) is 0. The number of allylic oxidation sites excluding steroid dienone is 12. The van der Waals surface area contributed by atoms with Crippen molar-refractivity contribution in [2.45, 2.75) is 297 Å². The molecule has 0 bridgehead atoms. The van der Waals surface area contributed by atoms with Gasteiger partial charge >= 0.3 is 17.9 Å². The summed E-state index contributed by atoms with van der Waals surface area (Å²) in [6.07, 6.45) is 73.2. The zero-order valence-electron chi connectivity index (χ0n) is 45.6. The van der Waals surface area contributed by atoms with Crippen LogP contribution in [0.3, 0.4) is 0 Å². The van der Waals surface area contributed by atoms with Gasteiger partial charge in [-0.25, -0.2) is 0 Å². The van der Waals surface area contributed by atoms with Gasteiger partial charge in [-0.3, -0.25) is 14.4 Å². The Labute approximate surface area is 427 Å². The normalized spacial score (nSPS) is 12.6. The van der Waals surface area contributed by atoms with Crippen LogP contribution in [0.2, 0.25) is 0 Å². The van der Waals surface area contributed by atoms with Crippen molar-refractivity contribution < 1.29 is 28.6 Å². The topological polar surface area (TPSA) is 78.9 Å². The number of carbonyl (C=O) groups is 3. The number of ether oxygens (including phenoxy) is 3. The van der Waals surface area contributed by atoms with E-state index in [1.807, 2.05) is 0 Å². The molecular weight excluding hydrogens is 853 g/mol. The van der Waals surface area contributed by atoms with Gasteiger partial charge in [-0.1, -0.05) is 254 Å². The molecular formula is C63H110O6. The van der Waals surface area contributed by atoms with Gasteiger partial charge in [0.25, 0.3) is 0 Å². The highest BCUT2D eigenvalue weighted by atomic mass is 16.6. The van der Waals surface area contributed by atoms with Crippen LogP contribution in [0.1, 0.15) is 290 Å². The van der Waals surface area contributed by atoms with Crippen molar-refractivity contribution in [1.82, 2.24) is 0 Å². The zero-order chi connectivity index (χ0) is 50.0. The molecule has 0 rings (SSSR count). The van der Waals surface area contributed by atoms with Crippen LogP contribution >= 0.6 is 0 Å². The van der Waals surface area contributed by atoms with Crippen LogP contribution in [-0.4, -0.2) is 37.2 Å². The third kappa shape index (κ3) is 55.6. The maximum Gasteiger partial charge on any atom is 0.306 e. The van der Waals surface area contributed by atoms with E-state index < -0.39 is 6.10 Å². The lowest BCUT2D eigenvalue weighted by Crippen LogP contribution is -2.30. The van der Waals surface area contributed by atoms with Gasteiger partial charge in [-0.05, 0) is 89.9 Å². The second-order valence-corrected chi connectivity index (χ2v) is 19.6. The molecule has 0 unspecified atom stereocenters. The van der Waals surface area contributed by atoms with Crippen molar-refractivity contribution in [3.05, 3.63) is 72.9 Å². The van der Waals surface area contributed by atoms with Gasteiger partial charge in [0.15, 0.2) is 6.10 Å². The standard InChI is InChI=1S/C63H110O6/c1-4-7-10-13-16-19-22-25-28-31-34-37-40-43-46-49-52-55-61(64)67-58-60(69-63(66)57-54-51-48-45-42-39-36-33-30-27-24-21-18-15-12-9-6-3)59-68-62(65)56-53-50-47-44-41-38-35-32-29-26-23-20-17-14-11-8-5-2/h16-17,19-20,25-26,28-29,34,37,43,46,60H,4-15,18,21-24,27,30-33,35-36,38-42,44-45,47-59H2,1-3H3/b19-16-,20-17-,28-25-,29-26-,37-34-,46-43-/t60-/m1/s1. The van der Waals surface area contributed by atoms with Crippen molar-refractivity contribution in [2.24, 2.45) is 0 Å². The summed E-state index contributed by atoms with van der Waals surface area (Å²) in [5.41, 5.74) is 0. The number of unbranched alkanes of at least 4 members (excludes halogenated alkanes) is 30. The smallest absolute Gasteiger partial charge is 0.306 e. The average molecular weight is 964 g/mol. The first-order valence-corrected chi connectivity index (χ1v) is 29.4. The van der Waals surface area contributed by atoms with Crippen LogP contribution in [0.25, 0.3) is 0 Å². The minimum absolute atomic E-state index is 0.0944. The first-order chi connectivity index (χ1) is 34.0. The van der Waals surface area contributed by atoms with E-state index in [9.17, 15) is 14.4 Å². The lowest BCUT2D eigenvalue weighted by molar-refractivity contribution is -0.167. The SMILES string of the molecule is CCCCC/C=C\C/C=C\C/C=C\C/C=C\CCCC(=O)OC[C@H](COC(=O)CCCCCCCCC/C=C\C/C=C\CCCCC)OC(=O)CCCCCCCCCCCCCCCCCCC. The van der Waals surface area contributed by atoms with Gasteiger partial charge in [0.05, 0.1) is 0 Å². The fourth-order valence-corrected chi connectivity index (χ4v) is 8.23. The third-order valence-electron chi connectivity index (χ3n) is 12.7. The van der Waals surface area contributed by atoms with Crippen LogP contribution < -0.4 is 0 Å². The van der Waals surface area contributed by atoms with Crippen molar-refractivity contribution in [3.63, 3.8) is 0 Å². The van der Waals surface area contributed by atoms with Gasteiger partial charge in [-0.2, -0.15) is 0 Å². The Kier molecular flexibility index (Phi) is 54.8. The number of rotatable bonds is 53. The van der Waals surface area contributed by atoms with Crippen LogP contribution in [0, 0.1) is 0 Å². The van der Waals surface area contributed by atoms with Crippen LogP contribution in [0.5, 0.6) is 0 Å². The summed E-state index contributed by atoms with van der Waals surface area (Å²) in [6.45, 7) is 6.56. The summed E-state index contributed by atoms with van der Waals surface area (Å²) in [4.78, 5) is 38.2. The van der Waals surface area contributed by atoms with Crippen molar-refractivity contribution in [2.75, 3.05) is 13.2 Å². The van der Waals surface area contributed by atoms with E-state index in [0.717, 1.165) is 77.0 Å². The Morgan fingerprint density at radius 2 is 0.536 bits per heavy atom. The van der Waals surface area contributed by atoms with Gasteiger partial charge in [-0.15, -0.1) is 0 Å². The molecule has 0 aliphatic carbocycles. The lowest BCUT2D eigenvalue weighted by atomic mass is 10.0. The van der Waals surface area contributed by atoms with E-state index in [1.165, 1.54) is 167 Å². The highest BCUT2D eigenvalue weighted by molar-refractivity contribution is 5.71. The van der Waals surface area contributed by atoms with E-state index >= 15 is 0 Å². The number of esters is 3. The summed E-state index contributed by atoms with van der Waals surface area (Å²) in [5, 5.41) is 0. The first-order valence-electron chi connectivity index (χ1n) is 29.4. The van der Waals surface area contributed by atoms with Crippen molar-refractivity contribution in [3.8, 4) is 0 Å². The summed E-state index contributed by atoms with van der Waals surface area (Å²) in [5.74, 6) is -0.948. The monoisotopic (exact) mass is 963 g/mol. The fourth-order valence-electron chi connectivity index (χ4n) is 8.23. The molecule has 0 aliphatic heterocycles. The molecule has 0 N–H and O–H groups in total. The highest BCUT2D eigenvalue weighted by Crippen LogP contribution is 2.16. The molecule has 0 aromatic heterocycles. The number of hydrogen-bond acceptors (Lipinski definition) is 6. The third-order valence-corrected chi connectivity index (χ3v) is 12.7. The lowest BCUT2D eigenvalue weighted by Gasteiger charge is -2.18. The maximum absolute atomic E-state index is 12.9. The molecule has 1 atom stereocenters. The maximum atomic E-state index is 12.9. The molecule has 0 aliphatic rings. The van der Waals surface area contributed by atoms with Gasteiger partial charge in [0, 0.05) is 19.3 Å². The summed E-state index contributed by atoms with van der Waals surface area (Å²) >= 11 is 0. The molecule has 6 heteroatoms. The van der Waals surface area contributed by atoms with E-state index in [4.69, 9.17) is 14.2 Å². The van der Waals surface area contributed by atoms with Crippen molar-refractivity contribution in [1.29, 1.82) is 0 Å². The Morgan fingerprint density at radius 1 is 0.290 bits per heavy atom. The Balaban J connectivity index is 4.45. The number of carbonyl (C=O) groups excluding carboxylic acids is 3. The molecule has 6 nitrogen and oxygen atoms in total. The predicted octanol–water partition coefficient (Wildman–Crippen LogP) is 19.8. The van der Waals surface area contributed by atoms with E-state index in [0.29, 0.717) is 19.3 Å². The highest BCUT2D eigenvalue weighted by Gasteiger charge is 2.19. The van der Waals surface area contributed by atoms with E-state index in [2.05, 4.69) is 93.7 Å². The molecule has 0 amide bonds. The molecule has 0 saturated heterocycles. The summed E-state index contributed by atoms with van der Waals surface area (Å²) < 4.78 is 16.8. The largest absolute Gasteiger partial charge is 0.462 e.